The maximum atomic E-state index is 10.4. The molecule has 4 heteroatoms. The average molecular weight is 232 g/mol. The predicted molar refractivity (Wildman–Crippen MR) is 63.6 cm³/mol. The first-order valence-corrected chi connectivity index (χ1v) is 4.86. The van der Waals surface area contributed by atoms with Gasteiger partial charge in [0, 0.05) is 17.2 Å². The summed E-state index contributed by atoms with van der Waals surface area (Å²) in [7, 11) is 1.51. The number of carboxylic acid groups (broad SMARTS) is 1. The second-order valence-corrected chi connectivity index (χ2v) is 3.09. The zero-order chi connectivity index (χ0) is 12.7. The summed E-state index contributed by atoms with van der Waals surface area (Å²) in [6.45, 7) is -0.216. The molecule has 1 rings (SSSR count). The van der Waals surface area contributed by atoms with Crippen molar-refractivity contribution in [2.75, 3.05) is 13.7 Å². The van der Waals surface area contributed by atoms with Crippen LogP contribution in [-0.2, 0) is 4.79 Å². The van der Waals surface area contributed by atoms with Gasteiger partial charge in [0.05, 0.1) is 7.11 Å². The van der Waals surface area contributed by atoms with Gasteiger partial charge in [-0.1, -0.05) is 11.8 Å². The molecular weight excluding hydrogens is 220 g/mol. The number of hydrogen-bond donors (Lipinski definition) is 2. The van der Waals surface area contributed by atoms with Crippen LogP contribution in [0.2, 0.25) is 0 Å². The molecule has 0 saturated heterocycles. The molecule has 17 heavy (non-hydrogen) atoms. The Labute approximate surface area is 99.2 Å². The van der Waals surface area contributed by atoms with Crippen LogP contribution in [0.15, 0.2) is 24.3 Å². The van der Waals surface area contributed by atoms with Gasteiger partial charge in [-0.25, -0.2) is 4.79 Å². The third-order valence-corrected chi connectivity index (χ3v) is 1.95. The molecule has 0 heterocycles. The Hall–Kier alpha value is -2.25. The van der Waals surface area contributed by atoms with Gasteiger partial charge in [-0.2, -0.15) is 0 Å². The van der Waals surface area contributed by atoms with E-state index in [1.807, 2.05) is 0 Å². The molecule has 0 aliphatic rings. The number of ether oxygens (including phenoxy) is 1. The quantitative estimate of drug-likeness (QED) is 0.605. The number of aliphatic hydroxyl groups is 1. The fraction of sp³-hybridized carbons (Fsp3) is 0.154. The van der Waals surface area contributed by atoms with Crippen LogP contribution in [0.5, 0.6) is 5.75 Å². The predicted octanol–water partition coefficient (Wildman–Crippen LogP) is 1.14. The molecule has 0 unspecified atom stereocenters. The van der Waals surface area contributed by atoms with Crippen molar-refractivity contribution in [3.8, 4) is 17.6 Å². The highest BCUT2D eigenvalue weighted by atomic mass is 16.5. The van der Waals surface area contributed by atoms with E-state index in [1.165, 1.54) is 13.2 Å². The van der Waals surface area contributed by atoms with E-state index in [-0.39, 0.29) is 6.61 Å². The van der Waals surface area contributed by atoms with Crippen molar-refractivity contribution < 1.29 is 19.7 Å². The molecule has 1 aromatic carbocycles. The standard InChI is InChI=1S/C13H12O4/c1-17-12-6-4-10(3-2-8-14)9-11(12)5-7-13(15)16/h4-7,9,14H,8H2,1H3,(H,15,16)/b7-5+. The zero-order valence-corrected chi connectivity index (χ0v) is 9.30. The van der Waals surface area contributed by atoms with Gasteiger partial charge in [0.15, 0.2) is 0 Å². The Morgan fingerprint density at radius 2 is 2.29 bits per heavy atom. The van der Waals surface area contributed by atoms with Gasteiger partial charge in [-0.3, -0.25) is 0 Å². The molecular formula is C13H12O4. The largest absolute Gasteiger partial charge is 0.496 e. The Kier molecular flexibility index (Phi) is 4.79. The molecule has 88 valence electrons. The van der Waals surface area contributed by atoms with E-state index in [4.69, 9.17) is 14.9 Å². The van der Waals surface area contributed by atoms with Crippen molar-refractivity contribution in [1.82, 2.24) is 0 Å². The molecule has 0 aromatic heterocycles. The lowest BCUT2D eigenvalue weighted by Gasteiger charge is -2.04. The van der Waals surface area contributed by atoms with Crippen LogP contribution in [0.25, 0.3) is 6.08 Å². The first-order chi connectivity index (χ1) is 8.17. The summed E-state index contributed by atoms with van der Waals surface area (Å²) in [4.78, 5) is 10.4. The number of rotatable bonds is 3. The molecule has 0 aliphatic carbocycles. The highest BCUT2D eigenvalue weighted by Gasteiger charge is 2.01. The number of benzene rings is 1. The molecule has 0 atom stereocenters. The highest BCUT2D eigenvalue weighted by Crippen LogP contribution is 2.20. The Bertz CT molecular complexity index is 492. The van der Waals surface area contributed by atoms with Crippen molar-refractivity contribution in [1.29, 1.82) is 0 Å². The van der Waals surface area contributed by atoms with Gasteiger partial charge in [-0.05, 0) is 24.3 Å². The van der Waals surface area contributed by atoms with E-state index in [0.717, 1.165) is 6.08 Å². The Balaban J connectivity index is 3.10. The van der Waals surface area contributed by atoms with Gasteiger partial charge in [0.1, 0.15) is 12.4 Å². The normalized spacial score (nSPS) is 9.76. The molecule has 0 spiro atoms. The van der Waals surface area contributed by atoms with Crippen LogP contribution in [-0.4, -0.2) is 29.9 Å². The summed E-state index contributed by atoms with van der Waals surface area (Å²) >= 11 is 0. The van der Waals surface area contributed by atoms with E-state index in [1.54, 1.807) is 18.2 Å². The van der Waals surface area contributed by atoms with Crippen molar-refractivity contribution in [3.05, 3.63) is 35.4 Å². The molecule has 0 radical (unpaired) electrons. The lowest BCUT2D eigenvalue weighted by molar-refractivity contribution is -0.131. The van der Waals surface area contributed by atoms with Crippen molar-refractivity contribution in [2.45, 2.75) is 0 Å². The average Bonchev–Trinajstić information content (AvgIpc) is 2.33. The van der Waals surface area contributed by atoms with Crippen molar-refractivity contribution in [2.24, 2.45) is 0 Å². The molecule has 0 bridgehead atoms. The maximum absolute atomic E-state index is 10.4. The monoisotopic (exact) mass is 232 g/mol. The van der Waals surface area contributed by atoms with Gasteiger partial charge in [0.2, 0.25) is 0 Å². The van der Waals surface area contributed by atoms with E-state index in [0.29, 0.717) is 16.9 Å². The number of carbonyl (C=O) groups is 1. The molecule has 1 aromatic rings. The molecule has 0 fully saturated rings. The number of methoxy groups -OCH3 is 1. The van der Waals surface area contributed by atoms with Gasteiger partial charge < -0.3 is 14.9 Å². The lowest BCUT2D eigenvalue weighted by atomic mass is 10.1. The zero-order valence-electron chi connectivity index (χ0n) is 9.30. The van der Waals surface area contributed by atoms with E-state index in [9.17, 15) is 4.79 Å². The fourth-order valence-electron chi connectivity index (χ4n) is 1.25. The van der Waals surface area contributed by atoms with E-state index in [2.05, 4.69) is 11.8 Å². The van der Waals surface area contributed by atoms with Gasteiger partial charge in [0.25, 0.3) is 0 Å². The molecule has 0 aliphatic heterocycles. The summed E-state index contributed by atoms with van der Waals surface area (Å²) in [5, 5.41) is 17.1. The number of aliphatic carboxylic acids is 1. The van der Waals surface area contributed by atoms with Crippen LogP contribution >= 0.6 is 0 Å². The second-order valence-electron chi connectivity index (χ2n) is 3.09. The van der Waals surface area contributed by atoms with Crippen LogP contribution in [0, 0.1) is 11.8 Å². The molecule has 0 amide bonds. The SMILES string of the molecule is COc1ccc(C#CCO)cc1/C=C/C(=O)O. The summed E-state index contributed by atoms with van der Waals surface area (Å²) in [6, 6.07) is 5.13. The second kappa shape index (κ2) is 6.36. The summed E-state index contributed by atoms with van der Waals surface area (Å²) in [6.07, 6.45) is 2.46. The topological polar surface area (TPSA) is 66.8 Å². The van der Waals surface area contributed by atoms with E-state index >= 15 is 0 Å². The molecule has 2 N–H and O–H groups in total. The summed E-state index contributed by atoms with van der Waals surface area (Å²) in [5.41, 5.74) is 1.31. The molecule has 0 saturated carbocycles. The third-order valence-electron chi connectivity index (χ3n) is 1.95. The van der Waals surface area contributed by atoms with Gasteiger partial charge in [-0.15, -0.1) is 0 Å². The fourth-order valence-corrected chi connectivity index (χ4v) is 1.25. The van der Waals surface area contributed by atoms with Crippen LogP contribution in [0.4, 0.5) is 0 Å². The maximum Gasteiger partial charge on any atom is 0.328 e. The Morgan fingerprint density at radius 3 is 2.88 bits per heavy atom. The minimum atomic E-state index is -1.03. The number of aliphatic hydroxyl groups excluding tert-OH is 1. The highest BCUT2D eigenvalue weighted by molar-refractivity contribution is 5.86. The van der Waals surface area contributed by atoms with Gasteiger partial charge >= 0.3 is 5.97 Å². The summed E-state index contributed by atoms with van der Waals surface area (Å²) < 4.78 is 5.10. The minimum absolute atomic E-state index is 0.216. The third kappa shape index (κ3) is 4.01. The van der Waals surface area contributed by atoms with Crippen LogP contribution in [0.3, 0.4) is 0 Å². The van der Waals surface area contributed by atoms with Crippen molar-refractivity contribution in [3.63, 3.8) is 0 Å². The minimum Gasteiger partial charge on any atom is -0.496 e. The smallest absolute Gasteiger partial charge is 0.328 e. The number of carboxylic acids is 1. The first-order valence-electron chi connectivity index (χ1n) is 4.86. The summed E-state index contributed by atoms with van der Waals surface area (Å²) in [5.74, 6) is 4.79. The molecule has 4 nitrogen and oxygen atoms in total. The van der Waals surface area contributed by atoms with Crippen LogP contribution in [0.1, 0.15) is 11.1 Å². The Morgan fingerprint density at radius 1 is 1.53 bits per heavy atom. The van der Waals surface area contributed by atoms with E-state index < -0.39 is 5.97 Å². The van der Waals surface area contributed by atoms with Crippen LogP contribution < -0.4 is 4.74 Å². The number of hydrogen-bond acceptors (Lipinski definition) is 3. The lowest BCUT2D eigenvalue weighted by Crippen LogP contribution is -1.90. The van der Waals surface area contributed by atoms with Crippen molar-refractivity contribution >= 4 is 12.0 Å². The first kappa shape index (κ1) is 12.8.